The highest BCUT2D eigenvalue weighted by Gasteiger charge is 2.43. The molecule has 3 aromatic carbocycles. The summed E-state index contributed by atoms with van der Waals surface area (Å²) in [5.41, 5.74) is 8.63. The van der Waals surface area contributed by atoms with E-state index in [2.05, 4.69) is 116 Å². The van der Waals surface area contributed by atoms with E-state index < -0.39 is 5.97 Å². The van der Waals surface area contributed by atoms with E-state index in [1.54, 1.807) is 7.11 Å². The minimum absolute atomic E-state index is 0.118. The summed E-state index contributed by atoms with van der Waals surface area (Å²) in [5, 5.41) is 10.2. The lowest BCUT2D eigenvalue weighted by Crippen LogP contribution is -2.26. The summed E-state index contributed by atoms with van der Waals surface area (Å²) in [7, 11) is 6.04. The smallest absolute Gasteiger partial charge is 0.209 e. The molecule has 1 aliphatic heterocycles. The molecule has 0 N–H and O–H groups in total. The molecule has 0 aliphatic carbocycles. The van der Waals surface area contributed by atoms with E-state index in [0.717, 1.165) is 12.7 Å². The number of aryl methyl sites for hydroxylation is 1. The van der Waals surface area contributed by atoms with Gasteiger partial charge in [0, 0.05) is 47.2 Å². The topological polar surface area (TPSA) is 57.3 Å². The first kappa shape index (κ1) is 25.0. The molecule has 0 radical (unpaired) electrons. The van der Waals surface area contributed by atoms with Crippen LogP contribution in [-0.2, 0) is 17.3 Å². The molecule has 5 rings (SSSR count). The highest BCUT2D eigenvalue weighted by molar-refractivity contribution is 6.08. The fourth-order valence-corrected chi connectivity index (χ4v) is 5.14. The molecule has 0 atom stereocenters. The Balaban J connectivity index is 0.000000709. The van der Waals surface area contributed by atoms with Crippen LogP contribution in [0.3, 0.4) is 0 Å². The number of rotatable bonds is 4. The van der Waals surface area contributed by atoms with Crippen molar-refractivity contribution in [2.75, 3.05) is 14.2 Å². The van der Waals surface area contributed by atoms with Crippen molar-refractivity contribution in [2.45, 2.75) is 26.2 Å². The number of aromatic nitrogens is 1. The third kappa shape index (κ3) is 4.44. The Morgan fingerprint density at radius 2 is 1.64 bits per heavy atom. The molecule has 5 nitrogen and oxygen atoms in total. The fraction of sp³-hybridized carbons (Fsp3) is 0.226. The SMILES string of the molecule is CC(=O)[O-].COc1ccc2c(c1)C(C)(C)C(/C=C/c1c(-c3ccccc3)n(C)c3ccccc13)=[N+]2C. The van der Waals surface area contributed by atoms with Crippen LogP contribution < -0.4 is 9.84 Å². The maximum Gasteiger partial charge on any atom is 0.209 e. The first-order valence-electron chi connectivity index (χ1n) is 11.9. The summed E-state index contributed by atoms with van der Waals surface area (Å²) >= 11 is 0. The number of carbonyl (C=O) groups excluding carboxylic acids is 1. The van der Waals surface area contributed by atoms with Gasteiger partial charge in [0.2, 0.25) is 5.69 Å². The largest absolute Gasteiger partial charge is 0.550 e. The lowest BCUT2D eigenvalue weighted by Gasteiger charge is -2.16. The van der Waals surface area contributed by atoms with E-state index in [0.29, 0.717) is 0 Å². The number of nitrogens with zero attached hydrogens (tertiary/aromatic N) is 2. The molecule has 0 fully saturated rings. The number of carboxylic acid groups (broad SMARTS) is 1. The monoisotopic (exact) mass is 480 g/mol. The number of aliphatic carboxylic acids is 1. The summed E-state index contributed by atoms with van der Waals surface area (Å²) in [4.78, 5) is 8.89. The summed E-state index contributed by atoms with van der Waals surface area (Å²) in [6.45, 7) is 5.55. The van der Waals surface area contributed by atoms with Gasteiger partial charge in [0.15, 0.2) is 5.71 Å². The Hall–Kier alpha value is -4.12. The van der Waals surface area contributed by atoms with Gasteiger partial charge < -0.3 is 19.2 Å². The molecule has 184 valence electrons. The molecular weight excluding hydrogens is 448 g/mol. The molecule has 5 heteroatoms. The molecule has 36 heavy (non-hydrogen) atoms. The van der Waals surface area contributed by atoms with Gasteiger partial charge in [0.05, 0.1) is 18.2 Å². The number of fused-ring (bicyclic) bond motifs is 2. The van der Waals surface area contributed by atoms with Crippen LogP contribution in [0.1, 0.15) is 31.9 Å². The van der Waals surface area contributed by atoms with Crippen molar-refractivity contribution in [3.05, 3.63) is 90.0 Å². The van der Waals surface area contributed by atoms with Crippen molar-refractivity contribution in [1.82, 2.24) is 4.57 Å². The zero-order chi connectivity index (χ0) is 26.0. The minimum atomic E-state index is -1.08. The second-order valence-electron chi connectivity index (χ2n) is 9.48. The maximum atomic E-state index is 8.89. The van der Waals surface area contributed by atoms with Crippen LogP contribution in [0.4, 0.5) is 5.69 Å². The summed E-state index contributed by atoms with van der Waals surface area (Å²) < 4.78 is 10.1. The second kappa shape index (κ2) is 9.86. The van der Waals surface area contributed by atoms with Gasteiger partial charge >= 0.3 is 0 Å². The number of benzene rings is 3. The van der Waals surface area contributed by atoms with Crippen LogP contribution in [0.25, 0.3) is 28.2 Å². The third-order valence-electron chi connectivity index (χ3n) is 6.84. The van der Waals surface area contributed by atoms with Crippen LogP contribution in [-0.4, -0.2) is 35.0 Å². The Labute approximate surface area is 212 Å². The van der Waals surface area contributed by atoms with E-state index in [1.165, 1.54) is 44.7 Å². The standard InChI is InChI=1S/C29H29N2O.C2H4O2/c1-29(2)24-19-21(32-5)15-17-26(24)30(3)27(29)18-16-23-22-13-9-10-14-25(22)31(4)28(23)20-11-7-6-8-12-20;1-2(3)4/h6-19H,1-5H3;1H3,(H,3,4)/q+1;/p-1. The number of hydrogen-bond acceptors (Lipinski definition) is 3. The number of allylic oxidation sites excluding steroid dienone is 1. The molecule has 2 heterocycles. The molecule has 1 aliphatic rings. The number of ether oxygens (including phenoxy) is 1. The van der Waals surface area contributed by atoms with Crippen molar-refractivity contribution in [3.63, 3.8) is 0 Å². The number of hydrogen-bond donors (Lipinski definition) is 0. The van der Waals surface area contributed by atoms with E-state index in [9.17, 15) is 0 Å². The number of carboxylic acids is 1. The van der Waals surface area contributed by atoms with E-state index >= 15 is 0 Å². The zero-order valence-electron chi connectivity index (χ0n) is 21.7. The van der Waals surface area contributed by atoms with E-state index in [1.807, 2.05) is 6.07 Å². The van der Waals surface area contributed by atoms with Crippen molar-refractivity contribution in [2.24, 2.45) is 7.05 Å². The molecule has 0 saturated carbocycles. The van der Waals surface area contributed by atoms with Gasteiger partial charge in [-0.3, -0.25) is 0 Å². The van der Waals surface area contributed by atoms with Gasteiger partial charge in [-0.25, -0.2) is 0 Å². The van der Waals surface area contributed by atoms with Crippen molar-refractivity contribution in [1.29, 1.82) is 0 Å². The average Bonchev–Trinajstić information content (AvgIpc) is 3.25. The summed E-state index contributed by atoms with van der Waals surface area (Å²) in [5.74, 6) is -0.184. The van der Waals surface area contributed by atoms with Gasteiger partial charge in [0.25, 0.3) is 0 Å². The van der Waals surface area contributed by atoms with Crippen molar-refractivity contribution >= 4 is 34.3 Å². The molecule has 0 amide bonds. The lowest BCUT2D eigenvalue weighted by atomic mass is 9.81. The van der Waals surface area contributed by atoms with Crippen molar-refractivity contribution in [3.8, 4) is 17.0 Å². The Morgan fingerprint density at radius 1 is 1.00 bits per heavy atom. The Kier molecular flexibility index (Phi) is 6.84. The van der Waals surface area contributed by atoms with Gasteiger partial charge in [-0.1, -0.05) is 48.5 Å². The molecule has 0 unspecified atom stereocenters. The lowest BCUT2D eigenvalue weighted by molar-refractivity contribution is -0.401. The number of para-hydroxylation sites is 1. The maximum absolute atomic E-state index is 8.89. The van der Waals surface area contributed by atoms with Crippen LogP contribution in [0.2, 0.25) is 0 Å². The highest BCUT2D eigenvalue weighted by Crippen LogP contribution is 2.42. The fourth-order valence-electron chi connectivity index (χ4n) is 5.14. The first-order valence-corrected chi connectivity index (χ1v) is 11.9. The highest BCUT2D eigenvalue weighted by atomic mass is 16.5. The molecule has 4 aromatic rings. The normalized spacial score (nSPS) is 14.1. The number of carbonyl (C=O) groups is 1. The van der Waals surface area contributed by atoms with Crippen LogP contribution in [0, 0.1) is 0 Å². The molecule has 0 saturated heterocycles. The van der Waals surface area contributed by atoms with Gasteiger partial charge in [-0.15, -0.1) is 0 Å². The minimum Gasteiger partial charge on any atom is -0.550 e. The first-order chi connectivity index (χ1) is 17.2. The van der Waals surface area contributed by atoms with Crippen LogP contribution in [0.5, 0.6) is 5.75 Å². The predicted octanol–water partition coefficient (Wildman–Crippen LogP) is 5.33. The Bertz CT molecular complexity index is 1490. The molecule has 0 spiro atoms. The molecule has 0 bridgehead atoms. The average molecular weight is 481 g/mol. The second-order valence-corrected chi connectivity index (χ2v) is 9.48. The van der Waals surface area contributed by atoms with Crippen molar-refractivity contribution < 1.29 is 19.2 Å². The predicted molar refractivity (Wildman–Crippen MR) is 145 cm³/mol. The number of methoxy groups -OCH3 is 1. The summed E-state index contributed by atoms with van der Waals surface area (Å²) in [6.07, 6.45) is 4.59. The third-order valence-corrected chi connectivity index (χ3v) is 6.84. The molecular formula is C31H32N2O3. The van der Waals surface area contributed by atoms with Gasteiger partial charge in [0.1, 0.15) is 12.8 Å². The zero-order valence-corrected chi connectivity index (χ0v) is 21.7. The Morgan fingerprint density at radius 3 is 2.31 bits per heavy atom. The van der Waals surface area contributed by atoms with Gasteiger partial charge in [-0.05, 0) is 50.6 Å². The van der Waals surface area contributed by atoms with Crippen LogP contribution in [0.15, 0.2) is 78.9 Å². The quantitative estimate of drug-likeness (QED) is 0.371. The van der Waals surface area contributed by atoms with E-state index in [4.69, 9.17) is 14.6 Å². The molecule has 1 aromatic heterocycles. The van der Waals surface area contributed by atoms with Gasteiger partial charge in [-0.2, -0.15) is 4.58 Å². The summed E-state index contributed by atoms with van der Waals surface area (Å²) in [6, 6.07) is 25.7. The van der Waals surface area contributed by atoms with E-state index in [-0.39, 0.29) is 5.41 Å². The van der Waals surface area contributed by atoms with Crippen LogP contribution >= 0.6 is 0 Å².